The Hall–Kier alpha value is -1.17. The van der Waals surface area contributed by atoms with Crippen LogP contribution < -0.4 is 0 Å². The molecule has 0 aromatic carbocycles. The molecule has 30 heavy (non-hydrogen) atoms. The van der Waals surface area contributed by atoms with Crippen molar-refractivity contribution in [3.05, 3.63) is 24.3 Å². The molecule has 0 aliphatic heterocycles. The van der Waals surface area contributed by atoms with E-state index >= 15 is 0 Å². The topological polar surface area (TPSA) is 66.8 Å². The molecule has 0 heterocycles. The lowest BCUT2D eigenvalue weighted by atomic mass is 10.1. The Balaban J connectivity index is 3.71. The molecule has 2 N–H and O–H groups in total. The van der Waals surface area contributed by atoms with Crippen LogP contribution in [0.25, 0.3) is 0 Å². The molecule has 0 aliphatic rings. The SMILES string of the molecule is CCCCCC=CCC=CCCCCCC(O)CCOC(CC(=O)O)C[N+](C)(C)C. The molecule has 0 spiro atoms. The van der Waals surface area contributed by atoms with Crippen molar-refractivity contribution in [2.24, 2.45) is 0 Å². The standard InChI is InChI=1S/C25H47NO4/c1-5-6-7-8-9-10-11-12-13-14-15-16-17-18-23(27)19-20-30-24(21-25(28)29)22-26(2,3)4/h9-10,12-13,23-24,27H,5-8,11,14-22H2,1-4H3/p+1. The summed E-state index contributed by atoms with van der Waals surface area (Å²) in [5.41, 5.74) is 0. The van der Waals surface area contributed by atoms with Gasteiger partial charge < -0.3 is 19.4 Å². The Labute approximate surface area is 185 Å². The molecule has 176 valence electrons. The summed E-state index contributed by atoms with van der Waals surface area (Å²) in [5, 5.41) is 19.2. The fourth-order valence-electron chi connectivity index (χ4n) is 3.33. The lowest BCUT2D eigenvalue weighted by molar-refractivity contribution is -0.873. The first-order valence-corrected chi connectivity index (χ1v) is 11.9. The first kappa shape index (κ1) is 28.8. The highest BCUT2D eigenvalue weighted by Gasteiger charge is 2.21. The molecule has 5 heteroatoms. The minimum Gasteiger partial charge on any atom is -0.481 e. The van der Waals surface area contributed by atoms with E-state index in [0.717, 1.165) is 38.5 Å². The Morgan fingerprint density at radius 2 is 1.57 bits per heavy atom. The molecule has 0 aromatic heterocycles. The molecule has 0 aromatic rings. The summed E-state index contributed by atoms with van der Waals surface area (Å²) in [6, 6.07) is 0. The van der Waals surface area contributed by atoms with Gasteiger partial charge in [-0.25, -0.2) is 0 Å². The molecule has 0 saturated carbocycles. The molecule has 2 atom stereocenters. The van der Waals surface area contributed by atoms with Crippen molar-refractivity contribution in [1.82, 2.24) is 0 Å². The van der Waals surface area contributed by atoms with Gasteiger partial charge in [-0.3, -0.25) is 4.79 Å². The van der Waals surface area contributed by atoms with Gasteiger partial charge in [0.05, 0.1) is 33.7 Å². The van der Waals surface area contributed by atoms with Crippen molar-refractivity contribution in [2.75, 3.05) is 34.3 Å². The number of ether oxygens (including phenoxy) is 1. The minimum atomic E-state index is -0.842. The largest absolute Gasteiger partial charge is 0.481 e. The number of hydrogen-bond acceptors (Lipinski definition) is 3. The number of aliphatic hydroxyl groups excluding tert-OH is 1. The minimum absolute atomic E-state index is 0.00772. The summed E-state index contributed by atoms with van der Waals surface area (Å²) in [6.07, 6.45) is 20.3. The molecule has 0 amide bonds. The van der Waals surface area contributed by atoms with E-state index in [-0.39, 0.29) is 18.6 Å². The van der Waals surface area contributed by atoms with Crippen LogP contribution in [0.2, 0.25) is 0 Å². The second-order valence-corrected chi connectivity index (χ2v) is 9.32. The van der Waals surface area contributed by atoms with Gasteiger partial charge in [0.25, 0.3) is 0 Å². The van der Waals surface area contributed by atoms with Gasteiger partial charge >= 0.3 is 5.97 Å². The van der Waals surface area contributed by atoms with Gasteiger partial charge in [-0.15, -0.1) is 0 Å². The summed E-state index contributed by atoms with van der Waals surface area (Å²) in [7, 11) is 6.06. The lowest BCUT2D eigenvalue weighted by Gasteiger charge is -2.28. The number of nitrogens with zero attached hydrogens (tertiary/aromatic N) is 1. The van der Waals surface area contributed by atoms with Crippen molar-refractivity contribution in [1.29, 1.82) is 0 Å². The summed E-state index contributed by atoms with van der Waals surface area (Å²) in [5.74, 6) is -0.842. The first-order chi connectivity index (χ1) is 14.2. The Morgan fingerprint density at radius 1 is 0.933 bits per heavy atom. The number of hydrogen-bond donors (Lipinski definition) is 2. The van der Waals surface area contributed by atoms with Gasteiger partial charge in [0.2, 0.25) is 0 Å². The number of quaternary nitrogens is 1. The molecule has 0 saturated heterocycles. The third kappa shape index (κ3) is 21.5. The monoisotopic (exact) mass is 426 g/mol. The van der Waals surface area contributed by atoms with Gasteiger partial charge in [0.15, 0.2) is 0 Å². The molecule has 0 rings (SSSR count). The van der Waals surface area contributed by atoms with E-state index in [0.29, 0.717) is 24.1 Å². The number of aliphatic hydroxyl groups is 1. The van der Waals surface area contributed by atoms with Gasteiger partial charge in [0.1, 0.15) is 12.6 Å². The molecular formula is C25H48NO4+. The molecule has 0 radical (unpaired) electrons. The quantitative estimate of drug-likeness (QED) is 0.157. The van der Waals surface area contributed by atoms with Crippen molar-refractivity contribution in [3.63, 3.8) is 0 Å². The van der Waals surface area contributed by atoms with Gasteiger partial charge in [0, 0.05) is 6.61 Å². The molecule has 0 aliphatic carbocycles. The van der Waals surface area contributed by atoms with E-state index in [2.05, 4.69) is 31.2 Å². The van der Waals surface area contributed by atoms with E-state index < -0.39 is 5.97 Å². The van der Waals surface area contributed by atoms with Crippen LogP contribution >= 0.6 is 0 Å². The van der Waals surface area contributed by atoms with Crippen LogP contribution in [0.15, 0.2) is 24.3 Å². The third-order valence-corrected chi connectivity index (χ3v) is 4.95. The van der Waals surface area contributed by atoms with Crippen LogP contribution in [0.5, 0.6) is 0 Å². The number of carboxylic acid groups (broad SMARTS) is 1. The number of aliphatic carboxylic acids is 1. The summed E-state index contributed by atoms with van der Waals surface area (Å²) in [6.45, 7) is 3.29. The van der Waals surface area contributed by atoms with E-state index in [1.807, 2.05) is 21.1 Å². The molecule has 0 bridgehead atoms. The predicted molar refractivity (Wildman–Crippen MR) is 126 cm³/mol. The van der Waals surface area contributed by atoms with Crippen LogP contribution in [0, 0.1) is 0 Å². The average molecular weight is 427 g/mol. The molecule has 5 nitrogen and oxygen atoms in total. The van der Waals surface area contributed by atoms with E-state index in [1.165, 1.54) is 25.7 Å². The van der Waals surface area contributed by atoms with Crippen LogP contribution in [0.4, 0.5) is 0 Å². The third-order valence-electron chi connectivity index (χ3n) is 4.95. The second-order valence-electron chi connectivity index (χ2n) is 9.32. The highest BCUT2D eigenvalue weighted by Crippen LogP contribution is 2.11. The van der Waals surface area contributed by atoms with Gasteiger partial charge in [-0.2, -0.15) is 0 Å². The first-order valence-electron chi connectivity index (χ1n) is 11.9. The Kier molecular flexibility index (Phi) is 17.9. The van der Waals surface area contributed by atoms with Crippen LogP contribution in [-0.4, -0.2) is 67.2 Å². The number of likely N-dealkylation sites (N-methyl/N-ethyl adjacent to an activating group) is 1. The molecular weight excluding hydrogens is 378 g/mol. The van der Waals surface area contributed by atoms with Gasteiger partial charge in [-0.1, -0.05) is 56.9 Å². The predicted octanol–water partition coefficient (Wildman–Crippen LogP) is 5.34. The fourth-order valence-corrected chi connectivity index (χ4v) is 3.33. The van der Waals surface area contributed by atoms with E-state index in [1.54, 1.807) is 0 Å². The van der Waals surface area contributed by atoms with Crippen molar-refractivity contribution in [2.45, 2.75) is 96.2 Å². The summed E-state index contributed by atoms with van der Waals surface area (Å²) < 4.78 is 6.40. The van der Waals surface area contributed by atoms with Crippen molar-refractivity contribution < 1.29 is 24.2 Å². The summed E-state index contributed by atoms with van der Waals surface area (Å²) >= 11 is 0. The highest BCUT2D eigenvalue weighted by atomic mass is 16.5. The number of carbonyl (C=O) groups is 1. The Morgan fingerprint density at radius 3 is 2.13 bits per heavy atom. The Bertz CT molecular complexity index is 468. The zero-order valence-corrected chi connectivity index (χ0v) is 20.0. The highest BCUT2D eigenvalue weighted by molar-refractivity contribution is 5.67. The number of rotatable bonds is 20. The van der Waals surface area contributed by atoms with Crippen LogP contribution in [-0.2, 0) is 9.53 Å². The van der Waals surface area contributed by atoms with Crippen LogP contribution in [0.1, 0.15) is 84.0 Å². The maximum atomic E-state index is 11.0. The average Bonchev–Trinajstić information content (AvgIpc) is 2.63. The van der Waals surface area contributed by atoms with E-state index in [4.69, 9.17) is 9.84 Å². The normalized spacial score (nSPS) is 14.6. The smallest absolute Gasteiger partial charge is 0.306 e. The zero-order valence-electron chi connectivity index (χ0n) is 20.0. The molecule has 0 fully saturated rings. The summed E-state index contributed by atoms with van der Waals surface area (Å²) in [4.78, 5) is 11.0. The van der Waals surface area contributed by atoms with Crippen LogP contribution in [0.3, 0.4) is 0 Å². The number of carboxylic acids is 1. The maximum absolute atomic E-state index is 11.0. The van der Waals surface area contributed by atoms with Crippen molar-refractivity contribution >= 4 is 5.97 Å². The number of allylic oxidation sites excluding steroid dienone is 4. The molecule has 2 unspecified atom stereocenters. The fraction of sp³-hybridized carbons (Fsp3) is 0.800. The number of unbranched alkanes of at least 4 members (excludes halogenated alkanes) is 6. The van der Waals surface area contributed by atoms with Crippen molar-refractivity contribution in [3.8, 4) is 0 Å². The van der Waals surface area contributed by atoms with E-state index in [9.17, 15) is 9.90 Å². The maximum Gasteiger partial charge on any atom is 0.306 e. The zero-order chi connectivity index (χ0) is 22.7. The lowest BCUT2D eigenvalue weighted by Crippen LogP contribution is -2.43. The van der Waals surface area contributed by atoms with Gasteiger partial charge in [-0.05, 0) is 44.9 Å². The second kappa shape index (κ2) is 18.6.